The average molecular weight is 432 g/mol. The van der Waals surface area contributed by atoms with Gasteiger partial charge in [-0.15, -0.1) is 10.2 Å². The second-order valence-corrected chi connectivity index (χ2v) is 7.86. The molecule has 32 heavy (non-hydrogen) atoms. The molecule has 9 heteroatoms. The summed E-state index contributed by atoms with van der Waals surface area (Å²) in [6.07, 6.45) is 0. The van der Waals surface area contributed by atoms with Gasteiger partial charge in [-0.25, -0.2) is 0 Å². The standard InChI is InChI=1S/C23H24N6O3/c1-16-14-18(6-8-21(16)29(31)32)23(30)24-19-5-3-4-17(15-19)20-7-9-22(26-25-20)28-12-10-27(2)11-13-28/h3-9,14-15H,10-13H2,1-2H3,(H,24,30). The van der Waals surface area contributed by atoms with Crippen LogP contribution in [0.25, 0.3) is 11.3 Å². The van der Waals surface area contributed by atoms with Crippen LogP contribution in [-0.4, -0.2) is 59.2 Å². The molecule has 1 aromatic heterocycles. The third kappa shape index (κ3) is 4.73. The number of anilines is 2. The normalized spacial score (nSPS) is 14.2. The zero-order chi connectivity index (χ0) is 22.7. The number of piperazine rings is 1. The number of rotatable bonds is 5. The Morgan fingerprint density at radius 3 is 2.47 bits per heavy atom. The summed E-state index contributed by atoms with van der Waals surface area (Å²) in [4.78, 5) is 27.6. The molecule has 9 nitrogen and oxygen atoms in total. The van der Waals surface area contributed by atoms with Crippen LogP contribution in [-0.2, 0) is 0 Å². The molecule has 1 amide bonds. The molecule has 3 aromatic rings. The number of nitrogens with zero attached hydrogens (tertiary/aromatic N) is 5. The van der Waals surface area contributed by atoms with Gasteiger partial charge in [0.15, 0.2) is 5.82 Å². The van der Waals surface area contributed by atoms with Gasteiger partial charge in [0.25, 0.3) is 11.6 Å². The number of nitro benzene ring substituents is 1. The molecule has 0 radical (unpaired) electrons. The van der Waals surface area contributed by atoms with Gasteiger partial charge >= 0.3 is 0 Å². The Balaban J connectivity index is 1.47. The smallest absolute Gasteiger partial charge is 0.272 e. The number of hydrogen-bond donors (Lipinski definition) is 1. The second-order valence-electron chi connectivity index (χ2n) is 7.86. The molecule has 1 aliphatic heterocycles. The van der Waals surface area contributed by atoms with Crippen LogP contribution in [0.4, 0.5) is 17.2 Å². The number of carbonyl (C=O) groups is 1. The zero-order valence-corrected chi connectivity index (χ0v) is 18.0. The average Bonchev–Trinajstić information content (AvgIpc) is 2.79. The molecular formula is C23H24N6O3. The minimum Gasteiger partial charge on any atom is -0.353 e. The molecule has 1 fully saturated rings. The first kappa shape index (κ1) is 21.4. The summed E-state index contributed by atoms with van der Waals surface area (Å²) in [6, 6.07) is 15.6. The zero-order valence-electron chi connectivity index (χ0n) is 18.0. The first-order valence-electron chi connectivity index (χ1n) is 10.3. The Hall–Kier alpha value is -3.85. The monoisotopic (exact) mass is 432 g/mol. The maximum Gasteiger partial charge on any atom is 0.272 e. The highest BCUT2D eigenvalue weighted by molar-refractivity contribution is 6.04. The van der Waals surface area contributed by atoms with Crippen molar-refractivity contribution in [2.75, 3.05) is 43.4 Å². The molecular weight excluding hydrogens is 408 g/mol. The topological polar surface area (TPSA) is 104 Å². The van der Waals surface area contributed by atoms with Crippen LogP contribution < -0.4 is 10.2 Å². The molecule has 164 valence electrons. The predicted molar refractivity (Wildman–Crippen MR) is 123 cm³/mol. The second kappa shape index (κ2) is 9.11. The molecule has 0 unspecified atom stereocenters. The number of aromatic nitrogens is 2. The van der Waals surface area contributed by atoms with Crippen molar-refractivity contribution >= 4 is 23.1 Å². The van der Waals surface area contributed by atoms with E-state index in [1.807, 2.05) is 30.3 Å². The van der Waals surface area contributed by atoms with Gasteiger partial charge < -0.3 is 15.1 Å². The molecule has 1 saturated heterocycles. The van der Waals surface area contributed by atoms with Crippen molar-refractivity contribution in [2.45, 2.75) is 6.92 Å². The molecule has 1 aliphatic rings. The number of benzene rings is 2. The minimum absolute atomic E-state index is 0.0119. The van der Waals surface area contributed by atoms with Gasteiger partial charge in [0.1, 0.15) is 0 Å². The highest BCUT2D eigenvalue weighted by atomic mass is 16.6. The van der Waals surface area contributed by atoms with Gasteiger partial charge in [-0.3, -0.25) is 14.9 Å². The van der Waals surface area contributed by atoms with Gasteiger partial charge in [0, 0.05) is 54.6 Å². The Kier molecular flexibility index (Phi) is 6.09. The van der Waals surface area contributed by atoms with Crippen LogP contribution in [0.15, 0.2) is 54.6 Å². The van der Waals surface area contributed by atoms with Crippen molar-refractivity contribution in [3.8, 4) is 11.3 Å². The number of nitro groups is 1. The summed E-state index contributed by atoms with van der Waals surface area (Å²) in [7, 11) is 2.11. The van der Waals surface area contributed by atoms with Crippen LogP contribution >= 0.6 is 0 Å². The predicted octanol–water partition coefficient (Wildman–Crippen LogP) is 3.36. The summed E-state index contributed by atoms with van der Waals surface area (Å²) in [6.45, 7) is 5.46. The third-order valence-electron chi connectivity index (χ3n) is 5.55. The first-order chi connectivity index (χ1) is 15.4. The number of aryl methyl sites for hydroxylation is 1. The number of carbonyl (C=O) groups excluding carboxylic acids is 1. The summed E-state index contributed by atoms with van der Waals surface area (Å²) in [5.41, 5.74) is 2.93. The molecule has 0 aliphatic carbocycles. The van der Waals surface area contributed by atoms with Crippen molar-refractivity contribution in [1.29, 1.82) is 0 Å². The van der Waals surface area contributed by atoms with E-state index < -0.39 is 4.92 Å². The Morgan fingerprint density at radius 1 is 1.03 bits per heavy atom. The number of likely N-dealkylation sites (N-methyl/N-ethyl adjacent to an activating group) is 1. The van der Waals surface area contributed by atoms with Gasteiger partial charge in [0.2, 0.25) is 0 Å². The van der Waals surface area contributed by atoms with E-state index >= 15 is 0 Å². The Morgan fingerprint density at radius 2 is 1.81 bits per heavy atom. The van der Waals surface area contributed by atoms with E-state index in [1.165, 1.54) is 18.2 Å². The Labute approximate surface area is 185 Å². The maximum atomic E-state index is 12.6. The summed E-state index contributed by atoms with van der Waals surface area (Å²) < 4.78 is 0. The fourth-order valence-electron chi connectivity index (χ4n) is 3.64. The van der Waals surface area contributed by atoms with Crippen molar-refractivity contribution in [2.24, 2.45) is 0 Å². The minimum atomic E-state index is -0.462. The van der Waals surface area contributed by atoms with Crippen molar-refractivity contribution in [1.82, 2.24) is 15.1 Å². The molecule has 0 atom stereocenters. The highest BCUT2D eigenvalue weighted by Crippen LogP contribution is 2.24. The quantitative estimate of drug-likeness (QED) is 0.487. The maximum absolute atomic E-state index is 12.6. The Bertz CT molecular complexity index is 1140. The van der Waals surface area contributed by atoms with Crippen LogP contribution in [0.1, 0.15) is 15.9 Å². The fraction of sp³-hybridized carbons (Fsp3) is 0.261. The summed E-state index contributed by atoms with van der Waals surface area (Å²) in [5.74, 6) is 0.525. The lowest BCUT2D eigenvalue weighted by Crippen LogP contribution is -2.44. The molecule has 4 rings (SSSR count). The lowest BCUT2D eigenvalue weighted by molar-refractivity contribution is -0.385. The largest absolute Gasteiger partial charge is 0.353 e. The number of amides is 1. The molecule has 0 bridgehead atoms. The molecule has 0 spiro atoms. The van der Waals surface area contributed by atoms with Gasteiger partial charge in [0.05, 0.1) is 10.6 Å². The third-order valence-corrected chi connectivity index (χ3v) is 5.55. The van der Waals surface area contributed by atoms with Gasteiger partial charge in [-0.1, -0.05) is 12.1 Å². The summed E-state index contributed by atoms with van der Waals surface area (Å²) >= 11 is 0. The van der Waals surface area contributed by atoms with Crippen LogP contribution in [0.5, 0.6) is 0 Å². The fourth-order valence-corrected chi connectivity index (χ4v) is 3.64. The SMILES string of the molecule is Cc1cc(C(=O)Nc2cccc(-c3ccc(N4CCN(C)CC4)nn3)c2)ccc1[N+](=O)[O-]. The van der Waals surface area contributed by atoms with Crippen LogP contribution in [0, 0.1) is 17.0 Å². The molecule has 0 saturated carbocycles. The molecule has 2 heterocycles. The summed E-state index contributed by atoms with van der Waals surface area (Å²) in [5, 5.41) is 22.6. The van der Waals surface area contributed by atoms with E-state index in [0.717, 1.165) is 37.6 Å². The van der Waals surface area contributed by atoms with Crippen LogP contribution in [0.3, 0.4) is 0 Å². The van der Waals surface area contributed by atoms with Gasteiger partial charge in [-0.05, 0) is 50.4 Å². The first-order valence-corrected chi connectivity index (χ1v) is 10.3. The van der Waals surface area contributed by atoms with Crippen molar-refractivity contribution in [3.05, 3.63) is 75.8 Å². The van der Waals surface area contributed by atoms with Crippen LogP contribution in [0.2, 0.25) is 0 Å². The number of hydrogen-bond acceptors (Lipinski definition) is 7. The van der Waals surface area contributed by atoms with E-state index in [1.54, 1.807) is 13.0 Å². The van der Waals surface area contributed by atoms with Crippen molar-refractivity contribution < 1.29 is 9.72 Å². The number of nitrogens with one attached hydrogen (secondary N) is 1. The molecule has 2 aromatic carbocycles. The van der Waals surface area contributed by atoms with Crippen molar-refractivity contribution in [3.63, 3.8) is 0 Å². The highest BCUT2D eigenvalue weighted by Gasteiger charge is 2.16. The lowest BCUT2D eigenvalue weighted by atomic mass is 10.1. The van der Waals surface area contributed by atoms with E-state index in [2.05, 4.69) is 32.4 Å². The van der Waals surface area contributed by atoms with Gasteiger partial charge in [-0.2, -0.15) is 0 Å². The molecule has 1 N–H and O–H groups in total. The lowest BCUT2D eigenvalue weighted by Gasteiger charge is -2.32. The van der Waals surface area contributed by atoms with E-state index in [9.17, 15) is 14.9 Å². The van der Waals surface area contributed by atoms with E-state index in [0.29, 0.717) is 22.5 Å². The van der Waals surface area contributed by atoms with E-state index in [-0.39, 0.29) is 11.6 Å². The van der Waals surface area contributed by atoms with E-state index in [4.69, 9.17) is 0 Å².